The van der Waals surface area contributed by atoms with E-state index >= 15 is 0 Å². The molecule has 0 saturated carbocycles. The Morgan fingerprint density at radius 3 is 2.30 bits per heavy atom. The predicted octanol–water partition coefficient (Wildman–Crippen LogP) is -0.775. The number of hydrogen-bond donors (Lipinski definition) is 1. The van der Waals surface area contributed by atoms with Crippen molar-refractivity contribution >= 4 is 17.8 Å². The first-order valence-corrected chi connectivity index (χ1v) is 6.94. The Morgan fingerprint density at radius 2 is 1.85 bits per heavy atom. The Morgan fingerprint density at radius 1 is 1.25 bits per heavy atom. The van der Waals surface area contributed by atoms with Gasteiger partial charge in [-0.25, -0.2) is 0 Å². The number of rotatable bonds is 4. The second-order valence-corrected chi connectivity index (χ2v) is 5.62. The average Bonchev–Trinajstić information content (AvgIpc) is 2.65. The number of imide groups is 1. The van der Waals surface area contributed by atoms with E-state index in [1.807, 2.05) is 23.6 Å². The molecule has 1 atom stereocenters. The van der Waals surface area contributed by atoms with E-state index in [4.69, 9.17) is 5.11 Å². The largest absolute Gasteiger partial charge is 0.480 e. The van der Waals surface area contributed by atoms with Gasteiger partial charge in [0.15, 0.2) is 0 Å². The van der Waals surface area contributed by atoms with Crippen molar-refractivity contribution in [2.75, 3.05) is 32.7 Å². The summed E-state index contributed by atoms with van der Waals surface area (Å²) in [5.41, 5.74) is 0. The van der Waals surface area contributed by atoms with E-state index in [0.717, 1.165) is 0 Å². The lowest BCUT2D eigenvalue weighted by Crippen LogP contribution is -2.53. The molecule has 0 aromatic carbocycles. The molecule has 2 heterocycles. The first-order valence-electron chi connectivity index (χ1n) is 6.94. The second kappa shape index (κ2) is 5.88. The number of carboxylic acid groups (broad SMARTS) is 1. The topological polar surface area (TPSA) is 81.2 Å². The molecule has 0 aromatic heterocycles. The molecule has 20 heavy (non-hydrogen) atoms. The van der Waals surface area contributed by atoms with Crippen LogP contribution in [0.3, 0.4) is 0 Å². The number of aliphatic carboxylic acids is 1. The Kier molecular flexibility index (Phi) is 4.39. The smallest absolute Gasteiger partial charge is 0.317 e. The third-order valence-corrected chi connectivity index (χ3v) is 3.88. The zero-order valence-corrected chi connectivity index (χ0v) is 11.9. The maximum atomic E-state index is 12.3. The fourth-order valence-electron chi connectivity index (χ4n) is 2.89. The molecule has 1 unspecified atom stereocenters. The van der Waals surface area contributed by atoms with Crippen molar-refractivity contribution in [2.45, 2.75) is 32.4 Å². The molecule has 2 aliphatic heterocycles. The van der Waals surface area contributed by atoms with Gasteiger partial charge in [-0.2, -0.15) is 0 Å². The molecule has 2 aliphatic rings. The highest BCUT2D eigenvalue weighted by atomic mass is 16.4. The highest BCUT2D eigenvalue weighted by Gasteiger charge is 2.43. The summed E-state index contributed by atoms with van der Waals surface area (Å²) in [6.07, 6.45) is 0.246. The van der Waals surface area contributed by atoms with Gasteiger partial charge in [-0.3, -0.25) is 29.1 Å². The van der Waals surface area contributed by atoms with Gasteiger partial charge < -0.3 is 5.11 Å². The minimum Gasteiger partial charge on any atom is -0.480 e. The maximum absolute atomic E-state index is 12.3. The van der Waals surface area contributed by atoms with Gasteiger partial charge in [0.2, 0.25) is 11.8 Å². The number of carbonyl (C=O) groups excluding carboxylic acids is 2. The minimum absolute atomic E-state index is 0.0313. The van der Waals surface area contributed by atoms with Gasteiger partial charge in [-0.05, 0) is 13.8 Å². The van der Waals surface area contributed by atoms with E-state index in [1.165, 1.54) is 4.90 Å². The van der Waals surface area contributed by atoms with Crippen molar-refractivity contribution in [3.8, 4) is 0 Å². The molecule has 0 aromatic rings. The highest BCUT2D eigenvalue weighted by molar-refractivity contribution is 6.05. The lowest BCUT2D eigenvalue weighted by Gasteiger charge is -2.36. The third-order valence-electron chi connectivity index (χ3n) is 3.88. The molecule has 1 N–H and O–H groups in total. The van der Waals surface area contributed by atoms with Crippen molar-refractivity contribution < 1.29 is 19.5 Å². The van der Waals surface area contributed by atoms with Crippen LogP contribution >= 0.6 is 0 Å². The molecule has 2 saturated heterocycles. The minimum atomic E-state index is -0.837. The van der Waals surface area contributed by atoms with Gasteiger partial charge in [0.05, 0.1) is 19.0 Å². The number of carboxylic acids is 1. The summed E-state index contributed by atoms with van der Waals surface area (Å²) in [6.45, 7) is 6.19. The predicted molar refractivity (Wildman–Crippen MR) is 71.0 cm³/mol. The molecule has 2 amide bonds. The van der Waals surface area contributed by atoms with Gasteiger partial charge in [-0.1, -0.05) is 0 Å². The van der Waals surface area contributed by atoms with Gasteiger partial charge in [0, 0.05) is 32.2 Å². The Labute approximate surface area is 118 Å². The van der Waals surface area contributed by atoms with Crippen LogP contribution in [0.15, 0.2) is 0 Å². The molecule has 112 valence electrons. The van der Waals surface area contributed by atoms with Crippen LogP contribution < -0.4 is 0 Å². The molecule has 0 aliphatic carbocycles. The summed E-state index contributed by atoms with van der Waals surface area (Å²) in [6, 6.07) is -0.467. The summed E-state index contributed by atoms with van der Waals surface area (Å²) in [5.74, 6) is -1.06. The Balaban J connectivity index is 1.93. The van der Waals surface area contributed by atoms with Crippen molar-refractivity contribution in [1.82, 2.24) is 14.7 Å². The van der Waals surface area contributed by atoms with Crippen molar-refractivity contribution in [3.63, 3.8) is 0 Å². The highest BCUT2D eigenvalue weighted by Crippen LogP contribution is 2.22. The van der Waals surface area contributed by atoms with Crippen LogP contribution in [0.4, 0.5) is 0 Å². The van der Waals surface area contributed by atoms with Crippen LogP contribution in [-0.2, 0) is 14.4 Å². The van der Waals surface area contributed by atoms with Crippen molar-refractivity contribution in [1.29, 1.82) is 0 Å². The van der Waals surface area contributed by atoms with Crippen LogP contribution in [0.5, 0.6) is 0 Å². The van der Waals surface area contributed by atoms with Gasteiger partial charge >= 0.3 is 5.97 Å². The molecule has 0 radical (unpaired) electrons. The van der Waals surface area contributed by atoms with Crippen LogP contribution in [0.1, 0.15) is 20.3 Å². The number of amides is 2. The average molecular weight is 283 g/mol. The summed E-state index contributed by atoms with van der Waals surface area (Å²) in [5, 5.41) is 8.76. The molecule has 2 fully saturated rings. The van der Waals surface area contributed by atoms with E-state index in [0.29, 0.717) is 26.2 Å². The van der Waals surface area contributed by atoms with Crippen molar-refractivity contribution in [2.24, 2.45) is 0 Å². The van der Waals surface area contributed by atoms with E-state index < -0.39 is 5.97 Å². The van der Waals surface area contributed by atoms with Gasteiger partial charge in [-0.15, -0.1) is 0 Å². The molecule has 7 nitrogen and oxygen atoms in total. The standard InChI is InChI=1S/C13H21N3O4/c1-9(2)16-11(17)7-10(13(16)20)15-5-3-14(4-6-15)8-12(18)19/h9-10H,3-8H2,1-2H3,(H,18,19). The lowest BCUT2D eigenvalue weighted by atomic mass is 10.1. The first kappa shape index (κ1) is 14.9. The number of piperazine rings is 1. The van der Waals surface area contributed by atoms with Gasteiger partial charge in [0.1, 0.15) is 0 Å². The quantitative estimate of drug-likeness (QED) is 0.682. The molecular weight excluding hydrogens is 262 g/mol. The van der Waals surface area contributed by atoms with Crippen LogP contribution in [0.2, 0.25) is 0 Å². The lowest BCUT2D eigenvalue weighted by molar-refractivity contribution is -0.143. The van der Waals surface area contributed by atoms with Crippen LogP contribution in [0.25, 0.3) is 0 Å². The zero-order valence-electron chi connectivity index (χ0n) is 11.9. The molecule has 0 bridgehead atoms. The summed E-state index contributed by atoms with van der Waals surface area (Å²) in [4.78, 5) is 40.0. The molecule has 0 spiro atoms. The maximum Gasteiger partial charge on any atom is 0.317 e. The van der Waals surface area contributed by atoms with E-state index in [2.05, 4.69) is 0 Å². The van der Waals surface area contributed by atoms with E-state index in [9.17, 15) is 14.4 Å². The Hall–Kier alpha value is -1.47. The molecule has 7 heteroatoms. The summed E-state index contributed by atoms with van der Waals surface area (Å²) < 4.78 is 0. The molecule has 2 rings (SSSR count). The molecular formula is C13H21N3O4. The van der Waals surface area contributed by atoms with E-state index in [-0.39, 0.29) is 36.9 Å². The number of likely N-dealkylation sites (tertiary alicyclic amines) is 1. The van der Waals surface area contributed by atoms with E-state index in [1.54, 1.807) is 0 Å². The van der Waals surface area contributed by atoms with Crippen LogP contribution in [0, 0.1) is 0 Å². The first-order chi connectivity index (χ1) is 9.40. The normalized spacial score (nSPS) is 25.8. The monoisotopic (exact) mass is 283 g/mol. The fourth-order valence-corrected chi connectivity index (χ4v) is 2.89. The number of nitrogens with zero attached hydrogens (tertiary/aromatic N) is 3. The fraction of sp³-hybridized carbons (Fsp3) is 0.769. The SMILES string of the molecule is CC(C)N1C(=O)CC(N2CCN(CC(=O)O)CC2)C1=O. The van der Waals surface area contributed by atoms with Gasteiger partial charge in [0.25, 0.3) is 0 Å². The third kappa shape index (κ3) is 2.99. The van der Waals surface area contributed by atoms with Crippen molar-refractivity contribution in [3.05, 3.63) is 0 Å². The number of hydrogen-bond acceptors (Lipinski definition) is 5. The number of carbonyl (C=O) groups is 3. The Bertz CT molecular complexity index is 416. The summed E-state index contributed by atoms with van der Waals surface area (Å²) >= 11 is 0. The van der Waals surface area contributed by atoms with Crippen LogP contribution in [-0.4, -0.2) is 82.4 Å². The summed E-state index contributed by atoms with van der Waals surface area (Å²) in [7, 11) is 0. The second-order valence-electron chi connectivity index (χ2n) is 5.62. The zero-order chi connectivity index (χ0) is 14.9.